The molecule has 19 heavy (non-hydrogen) atoms. The molecule has 0 radical (unpaired) electrons. The molecule has 1 saturated heterocycles. The Labute approximate surface area is 118 Å². The quantitative estimate of drug-likeness (QED) is 0.920. The summed E-state index contributed by atoms with van der Waals surface area (Å²) in [5.41, 5.74) is 0. The molecule has 1 aliphatic heterocycles. The minimum atomic E-state index is 0.0992. The van der Waals surface area contributed by atoms with Crippen LogP contribution in [0.1, 0.15) is 29.9 Å². The summed E-state index contributed by atoms with van der Waals surface area (Å²) in [4.78, 5) is 15.2. The number of piperazine rings is 1. The van der Waals surface area contributed by atoms with Gasteiger partial charge in [-0.3, -0.25) is 4.79 Å². The first-order chi connectivity index (χ1) is 9.11. The molecule has 1 aliphatic rings. The lowest BCUT2D eigenvalue weighted by molar-refractivity contribution is 0.0696. The molecule has 1 aromatic heterocycles. The van der Waals surface area contributed by atoms with Gasteiger partial charge in [0.05, 0.1) is 7.11 Å². The summed E-state index contributed by atoms with van der Waals surface area (Å²) in [6.07, 6.45) is 1.10. The van der Waals surface area contributed by atoms with E-state index in [-0.39, 0.29) is 5.91 Å². The third-order valence-electron chi connectivity index (χ3n) is 3.34. The summed E-state index contributed by atoms with van der Waals surface area (Å²) in [6, 6.07) is 2.26. The third kappa shape index (κ3) is 3.48. The van der Waals surface area contributed by atoms with Crippen LogP contribution in [0.3, 0.4) is 0 Å². The van der Waals surface area contributed by atoms with Crippen molar-refractivity contribution in [1.29, 1.82) is 0 Å². The van der Waals surface area contributed by atoms with E-state index in [0.717, 1.165) is 26.1 Å². The largest absolute Gasteiger partial charge is 0.495 e. The highest BCUT2D eigenvalue weighted by Gasteiger charge is 2.26. The van der Waals surface area contributed by atoms with Crippen LogP contribution in [0, 0.1) is 5.92 Å². The SMILES string of the molecule is COc1ccsc1C(=O)N1CCNC(CC(C)C)C1. The molecule has 1 fully saturated rings. The van der Waals surface area contributed by atoms with Crippen molar-refractivity contribution in [3.05, 3.63) is 16.3 Å². The molecule has 1 atom stereocenters. The van der Waals surface area contributed by atoms with Gasteiger partial charge in [0, 0.05) is 25.7 Å². The normalized spacial score (nSPS) is 19.8. The number of carbonyl (C=O) groups excluding carboxylic acids is 1. The Morgan fingerprint density at radius 3 is 3.11 bits per heavy atom. The molecule has 2 heterocycles. The molecule has 1 aromatic rings. The third-order valence-corrected chi connectivity index (χ3v) is 4.23. The van der Waals surface area contributed by atoms with Crippen LogP contribution < -0.4 is 10.1 Å². The maximum Gasteiger partial charge on any atom is 0.267 e. The van der Waals surface area contributed by atoms with Gasteiger partial charge in [0.1, 0.15) is 10.6 Å². The number of nitrogens with zero attached hydrogens (tertiary/aromatic N) is 1. The van der Waals surface area contributed by atoms with Crippen LogP contribution in [0.4, 0.5) is 0 Å². The average molecular weight is 282 g/mol. The van der Waals surface area contributed by atoms with E-state index in [9.17, 15) is 4.79 Å². The summed E-state index contributed by atoms with van der Waals surface area (Å²) < 4.78 is 5.24. The molecule has 0 aromatic carbocycles. The van der Waals surface area contributed by atoms with Crippen LogP contribution in [0.2, 0.25) is 0 Å². The molecule has 1 N–H and O–H groups in total. The molecule has 2 rings (SSSR count). The Balaban J connectivity index is 2.03. The van der Waals surface area contributed by atoms with Crippen LogP contribution >= 0.6 is 11.3 Å². The van der Waals surface area contributed by atoms with E-state index in [1.54, 1.807) is 7.11 Å². The number of hydrogen-bond acceptors (Lipinski definition) is 4. The molecule has 5 heteroatoms. The van der Waals surface area contributed by atoms with Crippen molar-refractivity contribution in [1.82, 2.24) is 10.2 Å². The summed E-state index contributed by atoms with van der Waals surface area (Å²) in [7, 11) is 1.61. The van der Waals surface area contributed by atoms with Gasteiger partial charge in [-0.1, -0.05) is 13.8 Å². The lowest BCUT2D eigenvalue weighted by atomic mass is 10.0. The fraction of sp³-hybridized carbons (Fsp3) is 0.643. The van der Waals surface area contributed by atoms with Gasteiger partial charge >= 0.3 is 0 Å². The van der Waals surface area contributed by atoms with E-state index in [0.29, 0.717) is 22.6 Å². The number of nitrogens with one attached hydrogen (secondary N) is 1. The molecule has 4 nitrogen and oxygen atoms in total. The zero-order valence-corrected chi connectivity index (χ0v) is 12.6. The first-order valence-corrected chi connectivity index (χ1v) is 7.64. The highest BCUT2D eigenvalue weighted by molar-refractivity contribution is 7.12. The van der Waals surface area contributed by atoms with E-state index >= 15 is 0 Å². The average Bonchev–Trinajstić information content (AvgIpc) is 2.85. The number of amides is 1. The Hall–Kier alpha value is -1.07. The Bertz CT molecular complexity index is 431. The number of hydrogen-bond donors (Lipinski definition) is 1. The van der Waals surface area contributed by atoms with Crippen LogP contribution in [-0.2, 0) is 0 Å². The van der Waals surface area contributed by atoms with Crippen molar-refractivity contribution in [2.75, 3.05) is 26.7 Å². The summed E-state index contributed by atoms with van der Waals surface area (Å²) in [5, 5.41) is 5.39. The molecule has 106 valence electrons. The van der Waals surface area contributed by atoms with E-state index in [1.807, 2.05) is 16.3 Å². The van der Waals surface area contributed by atoms with Crippen molar-refractivity contribution < 1.29 is 9.53 Å². The van der Waals surface area contributed by atoms with Gasteiger partial charge in [-0.05, 0) is 23.8 Å². The predicted molar refractivity (Wildman–Crippen MR) is 78.0 cm³/mol. The molecule has 0 bridgehead atoms. The molecule has 1 unspecified atom stereocenters. The molecule has 1 amide bonds. The Kier molecular flexibility index (Phi) is 4.82. The minimum absolute atomic E-state index is 0.0992. The zero-order chi connectivity index (χ0) is 13.8. The number of thiophene rings is 1. The van der Waals surface area contributed by atoms with Crippen LogP contribution in [0.5, 0.6) is 5.75 Å². The second-order valence-corrected chi connectivity index (χ2v) is 6.27. The second kappa shape index (κ2) is 6.39. The molecule has 0 spiro atoms. The van der Waals surface area contributed by atoms with Gasteiger partial charge in [-0.15, -0.1) is 11.3 Å². The van der Waals surface area contributed by atoms with Gasteiger partial charge in [0.25, 0.3) is 5.91 Å². The van der Waals surface area contributed by atoms with E-state index in [4.69, 9.17) is 4.74 Å². The van der Waals surface area contributed by atoms with Crippen molar-refractivity contribution in [2.24, 2.45) is 5.92 Å². The first kappa shape index (κ1) is 14.3. The van der Waals surface area contributed by atoms with Gasteiger partial charge in [0.15, 0.2) is 0 Å². The second-order valence-electron chi connectivity index (χ2n) is 5.35. The summed E-state index contributed by atoms with van der Waals surface area (Å²) in [6.45, 7) is 6.86. The molecular formula is C14H22N2O2S. The number of methoxy groups -OCH3 is 1. The van der Waals surface area contributed by atoms with Crippen LogP contribution in [0.15, 0.2) is 11.4 Å². The van der Waals surface area contributed by atoms with E-state index in [2.05, 4.69) is 19.2 Å². The maximum absolute atomic E-state index is 12.5. The fourth-order valence-electron chi connectivity index (χ4n) is 2.49. The maximum atomic E-state index is 12.5. The van der Waals surface area contributed by atoms with E-state index < -0.39 is 0 Å². The van der Waals surface area contributed by atoms with Crippen LogP contribution in [-0.4, -0.2) is 43.6 Å². The Morgan fingerprint density at radius 1 is 1.63 bits per heavy atom. The molecule has 0 aliphatic carbocycles. The minimum Gasteiger partial charge on any atom is -0.495 e. The van der Waals surface area contributed by atoms with Gasteiger partial charge in [-0.25, -0.2) is 0 Å². The van der Waals surface area contributed by atoms with Gasteiger partial charge < -0.3 is 15.0 Å². The summed E-state index contributed by atoms with van der Waals surface area (Å²) >= 11 is 1.45. The smallest absolute Gasteiger partial charge is 0.267 e. The van der Waals surface area contributed by atoms with Crippen LogP contribution in [0.25, 0.3) is 0 Å². The first-order valence-electron chi connectivity index (χ1n) is 6.76. The van der Waals surface area contributed by atoms with Crippen molar-refractivity contribution in [3.63, 3.8) is 0 Å². The molecule has 0 saturated carbocycles. The number of carbonyl (C=O) groups is 1. The van der Waals surface area contributed by atoms with E-state index in [1.165, 1.54) is 11.3 Å². The lowest BCUT2D eigenvalue weighted by Crippen LogP contribution is -2.52. The summed E-state index contributed by atoms with van der Waals surface area (Å²) in [5.74, 6) is 1.43. The van der Waals surface area contributed by atoms with Crippen molar-refractivity contribution in [3.8, 4) is 5.75 Å². The predicted octanol–water partition coefficient (Wildman–Crippen LogP) is 2.22. The van der Waals surface area contributed by atoms with Crippen molar-refractivity contribution >= 4 is 17.2 Å². The monoisotopic (exact) mass is 282 g/mol. The van der Waals surface area contributed by atoms with Crippen molar-refractivity contribution in [2.45, 2.75) is 26.3 Å². The fourth-order valence-corrected chi connectivity index (χ4v) is 3.32. The standard InChI is InChI=1S/C14H22N2O2S/c1-10(2)8-11-9-16(6-5-15-11)14(17)13-12(18-3)4-7-19-13/h4,7,10-11,15H,5-6,8-9H2,1-3H3. The zero-order valence-electron chi connectivity index (χ0n) is 11.8. The number of rotatable bonds is 4. The molecular weight excluding hydrogens is 260 g/mol. The lowest BCUT2D eigenvalue weighted by Gasteiger charge is -2.34. The highest BCUT2D eigenvalue weighted by atomic mass is 32.1. The highest BCUT2D eigenvalue weighted by Crippen LogP contribution is 2.26. The topological polar surface area (TPSA) is 41.6 Å². The number of ether oxygens (including phenoxy) is 1. The van der Waals surface area contributed by atoms with Gasteiger partial charge in [0.2, 0.25) is 0 Å². The van der Waals surface area contributed by atoms with Gasteiger partial charge in [-0.2, -0.15) is 0 Å². The Morgan fingerprint density at radius 2 is 2.42 bits per heavy atom.